The van der Waals surface area contributed by atoms with Gasteiger partial charge in [0.2, 0.25) is 5.91 Å². The highest BCUT2D eigenvalue weighted by molar-refractivity contribution is 5.77. The molecular formula is C12H21NO4. The Balaban J connectivity index is 2.31. The van der Waals surface area contributed by atoms with Crippen LogP contribution in [0, 0.1) is 11.8 Å². The minimum Gasteiger partial charge on any atom is -0.481 e. The Kier molecular flexibility index (Phi) is 5.41. The predicted molar refractivity (Wildman–Crippen MR) is 62.4 cm³/mol. The number of carboxylic acids is 1. The lowest BCUT2D eigenvalue weighted by atomic mass is 10.0. The number of aliphatic hydroxyl groups excluding tert-OH is 1. The van der Waals surface area contributed by atoms with Gasteiger partial charge in [0.1, 0.15) is 0 Å². The van der Waals surface area contributed by atoms with E-state index in [0.717, 1.165) is 19.4 Å². The first-order valence-corrected chi connectivity index (χ1v) is 6.13. The lowest BCUT2D eigenvalue weighted by Gasteiger charge is -2.18. The van der Waals surface area contributed by atoms with Gasteiger partial charge in [-0.05, 0) is 24.7 Å². The third-order valence-electron chi connectivity index (χ3n) is 3.22. The minimum absolute atomic E-state index is 0.0409. The monoisotopic (exact) mass is 243 g/mol. The average Bonchev–Trinajstić information content (AvgIpc) is 2.65. The number of carbonyl (C=O) groups is 2. The molecule has 0 aliphatic carbocycles. The van der Waals surface area contributed by atoms with Crippen LogP contribution in [0.3, 0.4) is 0 Å². The van der Waals surface area contributed by atoms with Crippen LogP contribution in [0.2, 0.25) is 0 Å². The third-order valence-corrected chi connectivity index (χ3v) is 3.22. The van der Waals surface area contributed by atoms with Crippen molar-refractivity contribution < 1.29 is 19.8 Å². The largest absolute Gasteiger partial charge is 0.481 e. The van der Waals surface area contributed by atoms with Crippen molar-refractivity contribution in [3.8, 4) is 0 Å². The van der Waals surface area contributed by atoms with Gasteiger partial charge in [-0.15, -0.1) is 0 Å². The molecule has 17 heavy (non-hydrogen) atoms. The number of hydrogen-bond acceptors (Lipinski definition) is 3. The fraction of sp³-hybridized carbons (Fsp3) is 0.833. The fourth-order valence-corrected chi connectivity index (χ4v) is 2.27. The maximum atomic E-state index is 11.9. The topological polar surface area (TPSA) is 77.8 Å². The maximum Gasteiger partial charge on any atom is 0.303 e. The molecule has 0 bridgehead atoms. The molecule has 98 valence electrons. The summed E-state index contributed by atoms with van der Waals surface area (Å²) >= 11 is 0. The molecule has 0 aromatic carbocycles. The van der Waals surface area contributed by atoms with Gasteiger partial charge in [0.25, 0.3) is 0 Å². The molecule has 0 spiro atoms. The van der Waals surface area contributed by atoms with Gasteiger partial charge in [0.15, 0.2) is 0 Å². The molecule has 5 heteroatoms. The van der Waals surface area contributed by atoms with Crippen LogP contribution in [0.1, 0.15) is 32.6 Å². The number of rotatable bonds is 6. The zero-order valence-corrected chi connectivity index (χ0v) is 10.3. The molecule has 1 aliphatic rings. The van der Waals surface area contributed by atoms with Crippen LogP contribution in [0.15, 0.2) is 0 Å². The number of aliphatic carboxylic acids is 1. The summed E-state index contributed by atoms with van der Waals surface area (Å²) in [7, 11) is 0. The molecule has 1 fully saturated rings. The van der Waals surface area contributed by atoms with Gasteiger partial charge in [0, 0.05) is 32.5 Å². The van der Waals surface area contributed by atoms with Crippen molar-refractivity contribution in [2.24, 2.45) is 11.8 Å². The highest BCUT2D eigenvalue weighted by Gasteiger charge is 2.26. The second-order valence-electron chi connectivity index (χ2n) is 4.91. The summed E-state index contributed by atoms with van der Waals surface area (Å²) in [4.78, 5) is 24.1. The summed E-state index contributed by atoms with van der Waals surface area (Å²) in [6.45, 7) is 3.40. The number of amides is 1. The first kappa shape index (κ1) is 14.0. The normalized spacial score (nSPS) is 21.5. The van der Waals surface area contributed by atoms with Gasteiger partial charge in [-0.2, -0.15) is 0 Å². The minimum atomic E-state index is -0.857. The summed E-state index contributed by atoms with van der Waals surface area (Å²) in [6.07, 6.45) is 2.03. The van der Waals surface area contributed by atoms with Crippen LogP contribution < -0.4 is 0 Å². The van der Waals surface area contributed by atoms with Gasteiger partial charge in [-0.1, -0.05) is 6.92 Å². The van der Waals surface area contributed by atoms with E-state index in [1.165, 1.54) is 0 Å². The number of aliphatic hydroxyl groups is 1. The molecule has 1 aliphatic heterocycles. The molecule has 1 saturated heterocycles. The molecule has 2 unspecified atom stereocenters. The lowest BCUT2D eigenvalue weighted by molar-refractivity contribution is -0.138. The molecule has 2 atom stereocenters. The summed E-state index contributed by atoms with van der Waals surface area (Å²) in [6, 6.07) is 0. The summed E-state index contributed by atoms with van der Waals surface area (Å²) in [5, 5.41) is 17.4. The number of nitrogens with zero attached hydrogens (tertiary/aromatic N) is 1. The second-order valence-corrected chi connectivity index (χ2v) is 4.91. The molecule has 0 radical (unpaired) electrons. The van der Waals surface area contributed by atoms with E-state index < -0.39 is 5.97 Å². The third kappa shape index (κ3) is 4.73. The van der Waals surface area contributed by atoms with E-state index in [1.807, 2.05) is 0 Å². The van der Waals surface area contributed by atoms with Crippen molar-refractivity contribution >= 4 is 11.9 Å². The molecule has 1 rings (SSSR count). The second kappa shape index (κ2) is 6.59. The van der Waals surface area contributed by atoms with E-state index in [4.69, 9.17) is 10.2 Å². The molecule has 0 aromatic rings. The fourth-order valence-electron chi connectivity index (χ4n) is 2.27. The van der Waals surface area contributed by atoms with E-state index in [-0.39, 0.29) is 24.9 Å². The van der Waals surface area contributed by atoms with E-state index in [2.05, 4.69) is 0 Å². The van der Waals surface area contributed by atoms with Crippen LogP contribution in [-0.4, -0.2) is 46.7 Å². The quantitative estimate of drug-likeness (QED) is 0.720. The van der Waals surface area contributed by atoms with Gasteiger partial charge in [-0.25, -0.2) is 0 Å². The zero-order valence-electron chi connectivity index (χ0n) is 10.3. The number of hydrogen-bond donors (Lipinski definition) is 2. The van der Waals surface area contributed by atoms with Crippen molar-refractivity contribution in [1.29, 1.82) is 0 Å². The Morgan fingerprint density at radius 3 is 2.71 bits per heavy atom. The van der Waals surface area contributed by atoms with E-state index in [1.54, 1.807) is 11.8 Å². The molecule has 2 N–H and O–H groups in total. The van der Waals surface area contributed by atoms with Crippen molar-refractivity contribution in [3.05, 3.63) is 0 Å². The summed E-state index contributed by atoms with van der Waals surface area (Å²) in [5.41, 5.74) is 0. The molecular weight excluding hydrogens is 222 g/mol. The first-order valence-electron chi connectivity index (χ1n) is 6.13. The van der Waals surface area contributed by atoms with Crippen molar-refractivity contribution in [2.45, 2.75) is 32.6 Å². The van der Waals surface area contributed by atoms with Crippen molar-refractivity contribution in [1.82, 2.24) is 4.90 Å². The van der Waals surface area contributed by atoms with Crippen LogP contribution in [0.4, 0.5) is 0 Å². The van der Waals surface area contributed by atoms with Crippen LogP contribution >= 0.6 is 0 Å². The zero-order chi connectivity index (χ0) is 12.8. The van der Waals surface area contributed by atoms with Crippen LogP contribution in [0.5, 0.6) is 0 Å². The maximum absolute atomic E-state index is 11.9. The standard InChI is InChI=1S/C12H21NO4/c1-9(7-12(16)17)6-11(15)13-4-2-10(8-13)3-5-14/h9-10,14H,2-8H2,1H3,(H,16,17). The summed E-state index contributed by atoms with van der Waals surface area (Å²) in [5.74, 6) is -0.528. The Labute approximate surface area is 101 Å². The molecule has 5 nitrogen and oxygen atoms in total. The molecule has 0 aromatic heterocycles. The Hall–Kier alpha value is -1.10. The van der Waals surface area contributed by atoms with Gasteiger partial charge in [-0.3, -0.25) is 9.59 Å². The summed E-state index contributed by atoms with van der Waals surface area (Å²) < 4.78 is 0. The van der Waals surface area contributed by atoms with Crippen molar-refractivity contribution in [2.75, 3.05) is 19.7 Å². The van der Waals surface area contributed by atoms with E-state index in [9.17, 15) is 9.59 Å². The lowest BCUT2D eigenvalue weighted by Crippen LogP contribution is -2.30. The average molecular weight is 243 g/mol. The predicted octanol–water partition coefficient (Wildman–Crippen LogP) is 0.718. The van der Waals surface area contributed by atoms with Gasteiger partial charge >= 0.3 is 5.97 Å². The highest BCUT2D eigenvalue weighted by atomic mass is 16.4. The van der Waals surface area contributed by atoms with Crippen molar-refractivity contribution in [3.63, 3.8) is 0 Å². The highest BCUT2D eigenvalue weighted by Crippen LogP contribution is 2.21. The van der Waals surface area contributed by atoms with Gasteiger partial charge < -0.3 is 15.1 Å². The number of likely N-dealkylation sites (tertiary alicyclic amines) is 1. The Morgan fingerprint density at radius 2 is 2.12 bits per heavy atom. The van der Waals surface area contributed by atoms with Gasteiger partial charge in [0.05, 0.1) is 0 Å². The number of carboxylic acid groups (broad SMARTS) is 1. The molecule has 1 heterocycles. The molecule has 0 saturated carbocycles. The van der Waals surface area contributed by atoms with Crippen LogP contribution in [-0.2, 0) is 9.59 Å². The molecule has 1 amide bonds. The van der Waals surface area contributed by atoms with E-state index in [0.29, 0.717) is 18.9 Å². The Morgan fingerprint density at radius 1 is 1.41 bits per heavy atom. The van der Waals surface area contributed by atoms with E-state index >= 15 is 0 Å². The first-order chi connectivity index (χ1) is 8.02. The smallest absolute Gasteiger partial charge is 0.303 e. The Bertz CT molecular complexity index is 280. The number of carbonyl (C=O) groups excluding carboxylic acids is 1. The SMILES string of the molecule is CC(CC(=O)O)CC(=O)N1CCC(CCO)C1. The van der Waals surface area contributed by atoms with Crippen LogP contribution in [0.25, 0.3) is 0 Å².